The number of hydrogen-bond acceptors (Lipinski definition) is 5. The van der Waals surface area contributed by atoms with E-state index in [2.05, 4.69) is 27.2 Å². The van der Waals surface area contributed by atoms with Gasteiger partial charge >= 0.3 is 0 Å². The van der Waals surface area contributed by atoms with Gasteiger partial charge in [0.15, 0.2) is 5.82 Å². The molecule has 6 heteroatoms. The van der Waals surface area contributed by atoms with Crippen molar-refractivity contribution in [3.8, 4) is 0 Å². The van der Waals surface area contributed by atoms with Gasteiger partial charge in [-0.1, -0.05) is 18.2 Å². The zero-order valence-electron chi connectivity index (χ0n) is 15.3. The van der Waals surface area contributed by atoms with Crippen LogP contribution in [0.25, 0.3) is 0 Å². The summed E-state index contributed by atoms with van der Waals surface area (Å²) < 4.78 is 5.21. The predicted octanol–water partition coefficient (Wildman–Crippen LogP) is 2.32. The van der Waals surface area contributed by atoms with Crippen LogP contribution >= 0.6 is 0 Å². The molecule has 2 aliphatic rings. The molecule has 4 rings (SSSR count). The van der Waals surface area contributed by atoms with E-state index in [1.165, 1.54) is 0 Å². The van der Waals surface area contributed by atoms with E-state index in [0.29, 0.717) is 13.2 Å². The largest absolute Gasteiger partial charge is 0.383 e. The lowest BCUT2D eigenvalue weighted by molar-refractivity contribution is -0.124. The molecule has 136 valence electrons. The third kappa shape index (κ3) is 2.65. The second-order valence-electron chi connectivity index (χ2n) is 7.07. The molecule has 6 nitrogen and oxygen atoms in total. The lowest BCUT2D eigenvalue weighted by Gasteiger charge is -2.38. The number of ether oxygens (including phenoxy) is 1. The molecule has 0 radical (unpaired) electrons. The summed E-state index contributed by atoms with van der Waals surface area (Å²) in [7, 11) is 1.67. The second-order valence-corrected chi connectivity index (χ2v) is 7.07. The number of amides is 1. The Bertz CT molecular complexity index is 798. The molecule has 0 atom stereocenters. The Hall–Kier alpha value is -2.47. The number of nitrogens with zero attached hydrogens (tertiary/aromatic N) is 4. The van der Waals surface area contributed by atoms with Crippen LogP contribution in [-0.4, -0.2) is 49.5 Å². The van der Waals surface area contributed by atoms with Gasteiger partial charge in [0.05, 0.1) is 17.7 Å². The first-order valence-electron chi connectivity index (χ1n) is 9.11. The van der Waals surface area contributed by atoms with Gasteiger partial charge in [0.25, 0.3) is 0 Å². The minimum Gasteiger partial charge on any atom is -0.383 e. The van der Waals surface area contributed by atoms with Gasteiger partial charge in [0, 0.05) is 32.4 Å². The fourth-order valence-electron chi connectivity index (χ4n) is 4.16. The summed E-state index contributed by atoms with van der Waals surface area (Å²) in [4.78, 5) is 17.5. The van der Waals surface area contributed by atoms with E-state index in [1.807, 2.05) is 36.1 Å². The molecule has 1 amide bonds. The normalized spacial score (nSPS) is 18.5. The van der Waals surface area contributed by atoms with Crippen LogP contribution in [0.15, 0.2) is 36.4 Å². The highest BCUT2D eigenvalue weighted by Gasteiger charge is 2.51. The molecule has 0 saturated carbocycles. The number of carbonyl (C=O) groups is 1. The van der Waals surface area contributed by atoms with E-state index in [-0.39, 0.29) is 5.91 Å². The Balaban J connectivity index is 1.59. The van der Waals surface area contributed by atoms with Crippen molar-refractivity contribution in [2.24, 2.45) is 0 Å². The Morgan fingerprint density at radius 3 is 2.58 bits per heavy atom. The fourth-order valence-corrected chi connectivity index (χ4v) is 4.16. The summed E-state index contributed by atoms with van der Waals surface area (Å²) in [6, 6.07) is 12.2. The number of methoxy groups -OCH3 is 1. The number of anilines is 2. The van der Waals surface area contributed by atoms with Gasteiger partial charge in [-0.05, 0) is 43.5 Å². The van der Waals surface area contributed by atoms with Crippen molar-refractivity contribution in [3.05, 3.63) is 47.7 Å². The average Bonchev–Trinajstić information content (AvgIpc) is 2.90. The van der Waals surface area contributed by atoms with Crippen LogP contribution in [0.2, 0.25) is 0 Å². The first-order valence-corrected chi connectivity index (χ1v) is 9.11. The van der Waals surface area contributed by atoms with E-state index < -0.39 is 5.41 Å². The first-order chi connectivity index (χ1) is 12.7. The van der Waals surface area contributed by atoms with Gasteiger partial charge in [-0.3, -0.25) is 4.79 Å². The van der Waals surface area contributed by atoms with Crippen molar-refractivity contribution in [3.63, 3.8) is 0 Å². The molecule has 2 aliphatic heterocycles. The maximum Gasteiger partial charge on any atom is 0.237 e. The smallest absolute Gasteiger partial charge is 0.237 e. The molecule has 1 fully saturated rings. The number of fused-ring (bicyclic) bond motifs is 2. The molecular formula is C20H24N4O2. The van der Waals surface area contributed by atoms with Crippen LogP contribution in [0.5, 0.6) is 0 Å². The zero-order valence-corrected chi connectivity index (χ0v) is 15.3. The maximum absolute atomic E-state index is 13.4. The molecule has 1 aromatic carbocycles. The van der Waals surface area contributed by atoms with Gasteiger partial charge in [-0.2, -0.15) is 5.10 Å². The molecule has 1 saturated heterocycles. The maximum atomic E-state index is 13.4. The molecule has 0 unspecified atom stereocenters. The number of piperidine rings is 1. The summed E-state index contributed by atoms with van der Waals surface area (Å²) in [6.07, 6.45) is 1.59. The Morgan fingerprint density at radius 2 is 1.88 bits per heavy atom. The lowest BCUT2D eigenvalue weighted by Crippen LogP contribution is -2.49. The third-order valence-corrected chi connectivity index (χ3v) is 5.61. The van der Waals surface area contributed by atoms with E-state index >= 15 is 0 Å². The van der Waals surface area contributed by atoms with Crippen LogP contribution < -0.4 is 9.80 Å². The number of benzene rings is 1. The standard InChI is InChI=1S/C20H24N4O2/c1-15-7-8-18(22-21-15)23-11-9-20(10-12-23)16-5-3-4-6-17(16)24(19(20)25)13-14-26-2/h3-8H,9-14H2,1-2H3. The average molecular weight is 352 g/mol. The van der Waals surface area contributed by atoms with Gasteiger partial charge in [0.1, 0.15) is 0 Å². The third-order valence-electron chi connectivity index (χ3n) is 5.61. The van der Waals surface area contributed by atoms with E-state index in [1.54, 1.807) is 7.11 Å². The molecular weight excluding hydrogens is 328 g/mol. The van der Waals surface area contributed by atoms with Gasteiger partial charge in [-0.15, -0.1) is 5.10 Å². The molecule has 0 aliphatic carbocycles. The van der Waals surface area contributed by atoms with Crippen molar-refractivity contribution in [2.75, 3.05) is 43.2 Å². The SMILES string of the molecule is COCCN1C(=O)C2(CCN(c3ccc(C)nn3)CC2)c2ccccc21. The molecule has 3 heterocycles. The lowest BCUT2D eigenvalue weighted by atomic mass is 9.73. The highest BCUT2D eigenvalue weighted by atomic mass is 16.5. The molecule has 1 spiro atoms. The monoisotopic (exact) mass is 352 g/mol. The van der Waals surface area contributed by atoms with Crippen molar-refractivity contribution in [1.29, 1.82) is 0 Å². The Labute approximate surface area is 153 Å². The van der Waals surface area contributed by atoms with Gasteiger partial charge in [0.2, 0.25) is 5.91 Å². The highest BCUT2D eigenvalue weighted by molar-refractivity contribution is 6.08. The molecule has 2 aromatic rings. The number of carbonyl (C=O) groups excluding carboxylic acids is 1. The quantitative estimate of drug-likeness (QED) is 0.845. The Kier molecular flexibility index (Phi) is 4.36. The van der Waals surface area contributed by atoms with Crippen LogP contribution in [0, 0.1) is 6.92 Å². The van der Waals surface area contributed by atoms with Crippen molar-refractivity contribution in [2.45, 2.75) is 25.2 Å². The summed E-state index contributed by atoms with van der Waals surface area (Å²) in [5.74, 6) is 1.10. The van der Waals surface area contributed by atoms with E-state index in [9.17, 15) is 4.79 Å². The number of para-hydroxylation sites is 1. The second kappa shape index (κ2) is 6.68. The minimum atomic E-state index is -0.418. The topological polar surface area (TPSA) is 58.6 Å². The predicted molar refractivity (Wildman–Crippen MR) is 101 cm³/mol. The van der Waals surface area contributed by atoms with Crippen molar-refractivity contribution < 1.29 is 9.53 Å². The van der Waals surface area contributed by atoms with Crippen LogP contribution in [-0.2, 0) is 14.9 Å². The van der Waals surface area contributed by atoms with Crippen LogP contribution in [0.4, 0.5) is 11.5 Å². The molecule has 0 N–H and O–H groups in total. The number of hydrogen-bond donors (Lipinski definition) is 0. The number of rotatable bonds is 4. The summed E-state index contributed by atoms with van der Waals surface area (Å²) >= 11 is 0. The summed E-state index contributed by atoms with van der Waals surface area (Å²) in [6.45, 7) is 4.68. The van der Waals surface area contributed by atoms with Crippen LogP contribution in [0.3, 0.4) is 0 Å². The summed E-state index contributed by atoms with van der Waals surface area (Å²) in [5, 5.41) is 8.46. The first kappa shape index (κ1) is 17.0. The fraction of sp³-hybridized carbons (Fsp3) is 0.450. The van der Waals surface area contributed by atoms with Gasteiger partial charge < -0.3 is 14.5 Å². The minimum absolute atomic E-state index is 0.213. The van der Waals surface area contributed by atoms with Gasteiger partial charge in [-0.25, -0.2) is 0 Å². The van der Waals surface area contributed by atoms with Crippen molar-refractivity contribution in [1.82, 2.24) is 10.2 Å². The number of aryl methyl sites for hydroxylation is 1. The zero-order chi connectivity index (χ0) is 18.1. The molecule has 1 aromatic heterocycles. The van der Waals surface area contributed by atoms with Crippen LogP contribution in [0.1, 0.15) is 24.1 Å². The Morgan fingerprint density at radius 1 is 1.12 bits per heavy atom. The van der Waals surface area contributed by atoms with Crippen molar-refractivity contribution >= 4 is 17.4 Å². The van der Waals surface area contributed by atoms with E-state index in [4.69, 9.17) is 4.74 Å². The summed E-state index contributed by atoms with van der Waals surface area (Å²) in [5.41, 5.74) is 2.70. The molecule has 26 heavy (non-hydrogen) atoms. The highest BCUT2D eigenvalue weighted by Crippen LogP contribution is 2.48. The van der Waals surface area contributed by atoms with E-state index in [0.717, 1.165) is 48.7 Å². The molecule has 0 bridgehead atoms. The number of aromatic nitrogens is 2.